The quantitative estimate of drug-likeness (QED) is 0.802. The average molecular weight is 326 g/mol. The van der Waals surface area contributed by atoms with E-state index in [-0.39, 0.29) is 31.8 Å². The largest absolute Gasteiger partial charge is 0.465 e. The fourth-order valence-electron chi connectivity index (χ4n) is 3.04. The summed E-state index contributed by atoms with van der Waals surface area (Å²) in [5.74, 6) is -0.339. The van der Waals surface area contributed by atoms with E-state index in [1.807, 2.05) is 30.3 Å². The van der Waals surface area contributed by atoms with Gasteiger partial charge >= 0.3 is 6.09 Å². The SMILES string of the molecule is N#CC1(C(=O)NCc2cc3ccccc3[nH]2)CCN(C(=O)O)CC1. The maximum absolute atomic E-state index is 12.5. The lowest BCUT2D eigenvalue weighted by molar-refractivity contribution is -0.130. The Balaban J connectivity index is 1.65. The molecule has 3 rings (SSSR count). The number of aromatic amines is 1. The van der Waals surface area contributed by atoms with Crippen molar-refractivity contribution in [3.63, 3.8) is 0 Å². The summed E-state index contributed by atoms with van der Waals surface area (Å²) in [6.45, 7) is 0.699. The zero-order valence-electron chi connectivity index (χ0n) is 13.1. The first kappa shape index (κ1) is 15.9. The molecule has 2 heterocycles. The lowest BCUT2D eigenvalue weighted by atomic mass is 9.79. The monoisotopic (exact) mass is 326 g/mol. The minimum absolute atomic E-state index is 0.197. The number of carbonyl (C=O) groups is 2. The summed E-state index contributed by atoms with van der Waals surface area (Å²) in [6, 6.07) is 11.9. The molecule has 24 heavy (non-hydrogen) atoms. The van der Waals surface area contributed by atoms with Gasteiger partial charge in [0.2, 0.25) is 5.91 Å². The first-order valence-electron chi connectivity index (χ1n) is 7.78. The molecule has 0 radical (unpaired) electrons. The number of hydrogen-bond acceptors (Lipinski definition) is 3. The number of rotatable bonds is 3. The predicted molar refractivity (Wildman–Crippen MR) is 87.0 cm³/mol. The summed E-state index contributed by atoms with van der Waals surface area (Å²) in [5.41, 5.74) is 0.699. The van der Waals surface area contributed by atoms with Crippen LogP contribution in [0.5, 0.6) is 0 Å². The van der Waals surface area contributed by atoms with Crippen molar-refractivity contribution in [2.45, 2.75) is 19.4 Å². The predicted octanol–water partition coefficient (Wildman–Crippen LogP) is 2.07. The van der Waals surface area contributed by atoms with Crippen LogP contribution in [0.1, 0.15) is 18.5 Å². The molecule has 7 heteroatoms. The van der Waals surface area contributed by atoms with Gasteiger partial charge in [0.05, 0.1) is 12.6 Å². The first-order valence-corrected chi connectivity index (χ1v) is 7.78. The van der Waals surface area contributed by atoms with Crippen LogP contribution in [0.15, 0.2) is 30.3 Å². The minimum Gasteiger partial charge on any atom is -0.465 e. The van der Waals surface area contributed by atoms with E-state index < -0.39 is 11.5 Å². The number of carboxylic acid groups (broad SMARTS) is 1. The van der Waals surface area contributed by atoms with Gasteiger partial charge in [-0.2, -0.15) is 5.26 Å². The second kappa shape index (κ2) is 6.24. The molecule has 0 saturated carbocycles. The smallest absolute Gasteiger partial charge is 0.407 e. The molecule has 1 saturated heterocycles. The van der Waals surface area contributed by atoms with Crippen LogP contribution in [0.2, 0.25) is 0 Å². The van der Waals surface area contributed by atoms with Crippen LogP contribution < -0.4 is 5.32 Å². The van der Waals surface area contributed by atoms with Gasteiger partial charge in [-0.3, -0.25) is 4.79 Å². The topological polar surface area (TPSA) is 109 Å². The molecular formula is C17H18N4O3. The number of likely N-dealkylation sites (tertiary alicyclic amines) is 1. The number of hydrogen-bond donors (Lipinski definition) is 3. The molecule has 0 atom stereocenters. The average Bonchev–Trinajstić information content (AvgIpc) is 3.02. The summed E-state index contributed by atoms with van der Waals surface area (Å²) in [7, 11) is 0. The molecule has 0 aliphatic carbocycles. The second-order valence-corrected chi connectivity index (χ2v) is 6.03. The van der Waals surface area contributed by atoms with Crippen molar-refractivity contribution < 1.29 is 14.7 Å². The summed E-state index contributed by atoms with van der Waals surface area (Å²) in [5, 5.41) is 22.3. The highest BCUT2D eigenvalue weighted by Crippen LogP contribution is 2.31. The van der Waals surface area contributed by atoms with Gasteiger partial charge in [-0.15, -0.1) is 0 Å². The zero-order chi connectivity index (χ0) is 17.2. The van der Waals surface area contributed by atoms with Crippen LogP contribution in [0.3, 0.4) is 0 Å². The summed E-state index contributed by atoms with van der Waals surface area (Å²) in [6.07, 6.45) is -0.581. The number of piperidine rings is 1. The van der Waals surface area contributed by atoms with E-state index >= 15 is 0 Å². The van der Waals surface area contributed by atoms with E-state index in [1.54, 1.807) is 0 Å². The Morgan fingerprint density at radius 2 is 2.04 bits per heavy atom. The summed E-state index contributed by atoms with van der Waals surface area (Å²) >= 11 is 0. The number of carbonyl (C=O) groups excluding carboxylic acids is 1. The van der Waals surface area contributed by atoms with Crippen molar-refractivity contribution in [1.82, 2.24) is 15.2 Å². The van der Waals surface area contributed by atoms with Crippen molar-refractivity contribution >= 4 is 22.9 Å². The van der Waals surface area contributed by atoms with Gasteiger partial charge in [-0.05, 0) is 30.4 Å². The zero-order valence-corrected chi connectivity index (χ0v) is 13.1. The number of amides is 2. The molecule has 1 aromatic heterocycles. The number of nitriles is 1. The molecule has 124 valence electrons. The molecule has 1 aliphatic heterocycles. The van der Waals surface area contributed by atoms with E-state index in [4.69, 9.17) is 5.11 Å². The van der Waals surface area contributed by atoms with Gasteiger partial charge in [-0.25, -0.2) is 4.79 Å². The van der Waals surface area contributed by atoms with Gasteiger partial charge in [0.25, 0.3) is 0 Å². The van der Waals surface area contributed by atoms with E-state index in [2.05, 4.69) is 16.4 Å². The molecule has 1 fully saturated rings. The Kier molecular flexibility index (Phi) is 4.13. The van der Waals surface area contributed by atoms with E-state index in [1.165, 1.54) is 4.90 Å². The Bertz CT molecular complexity index is 780. The third-order valence-electron chi connectivity index (χ3n) is 4.56. The van der Waals surface area contributed by atoms with E-state index in [0.29, 0.717) is 6.54 Å². The summed E-state index contributed by atoms with van der Waals surface area (Å²) in [4.78, 5) is 27.9. The maximum atomic E-state index is 12.5. The summed E-state index contributed by atoms with van der Waals surface area (Å²) < 4.78 is 0. The number of nitrogens with one attached hydrogen (secondary N) is 2. The van der Waals surface area contributed by atoms with Gasteiger partial charge in [-0.1, -0.05) is 18.2 Å². The fourth-order valence-corrected chi connectivity index (χ4v) is 3.04. The molecule has 0 unspecified atom stereocenters. The minimum atomic E-state index is -1.15. The third kappa shape index (κ3) is 2.91. The lowest BCUT2D eigenvalue weighted by Crippen LogP contribution is -2.49. The van der Waals surface area contributed by atoms with Crippen LogP contribution in [-0.2, 0) is 11.3 Å². The molecule has 1 aromatic carbocycles. The van der Waals surface area contributed by atoms with Crippen LogP contribution in [0.4, 0.5) is 4.79 Å². The molecule has 0 bridgehead atoms. The Hall–Kier alpha value is -3.01. The molecule has 7 nitrogen and oxygen atoms in total. The Morgan fingerprint density at radius 1 is 1.33 bits per heavy atom. The lowest BCUT2D eigenvalue weighted by Gasteiger charge is -2.34. The number of H-pyrrole nitrogens is 1. The standard InChI is InChI=1S/C17H18N4O3/c18-11-17(5-7-21(8-6-17)16(23)24)15(22)19-10-13-9-12-3-1-2-4-14(12)20-13/h1-4,9,20H,5-8,10H2,(H,19,22)(H,23,24). The van der Waals surface area contributed by atoms with Gasteiger partial charge in [0.1, 0.15) is 5.41 Å². The van der Waals surface area contributed by atoms with Crippen LogP contribution in [0.25, 0.3) is 10.9 Å². The molecule has 2 amide bonds. The van der Waals surface area contributed by atoms with Crippen molar-refractivity contribution in [2.75, 3.05) is 13.1 Å². The Labute approximate surface area is 138 Å². The van der Waals surface area contributed by atoms with Crippen molar-refractivity contribution in [3.05, 3.63) is 36.0 Å². The fraction of sp³-hybridized carbons (Fsp3) is 0.353. The van der Waals surface area contributed by atoms with E-state index in [9.17, 15) is 14.9 Å². The molecule has 0 spiro atoms. The third-order valence-corrected chi connectivity index (χ3v) is 4.56. The number of nitrogens with zero attached hydrogens (tertiary/aromatic N) is 2. The highest BCUT2D eigenvalue weighted by atomic mass is 16.4. The van der Waals surface area contributed by atoms with Gasteiger partial charge in [0.15, 0.2) is 0 Å². The number of benzene rings is 1. The second-order valence-electron chi connectivity index (χ2n) is 6.03. The van der Waals surface area contributed by atoms with Crippen molar-refractivity contribution in [3.8, 4) is 6.07 Å². The molecule has 1 aliphatic rings. The van der Waals surface area contributed by atoms with Crippen LogP contribution in [0, 0.1) is 16.7 Å². The number of aromatic nitrogens is 1. The van der Waals surface area contributed by atoms with Gasteiger partial charge in [0, 0.05) is 24.3 Å². The molecular weight excluding hydrogens is 308 g/mol. The Morgan fingerprint density at radius 3 is 2.67 bits per heavy atom. The number of fused-ring (bicyclic) bond motifs is 1. The number of para-hydroxylation sites is 1. The van der Waals surface area contributed by atoms with Crippen molar-refractivity contribution in [2.24, 2.45) is 5.41 Å². The first-order chi connectivity index (χ1) is 11.5. The van der Waals surface area contributed by atoms with Crippen LogP contribution >= 0.6 is 0 Å². The molecule has 2 aromatic rings. The van der Waals surface area contributed by atoms with E-state index in [0.717, 1.165) is 16.6 Å². The van der Waals surface area contributed by atoms with Gasteiger partial charge < -0.3 is 20.3 Å². The highest BCUT2D eigenvalue weighted by Gasteiger charge is 2.42. The van der Waals surface area contributed by atoms with Crippen LogP contribution in [-0.4, -0.2) is 40.1 Å². The highest BCUT2D eigenvalue weighted by molar-refractivity contribution is 5.86. The van der Waals surface area contributed by atoms with Crippen molar-refractivity contribution in [1.29, 1.82) is 5.26 Å². The maximum Gasteiger partial charge on any atom is 0.407 e. The normalized spacial score (nSPS) is 16.5. The molecule has 3 N–H and O–H groups in total.